The van der Waals surface area contributed by atoms with Crippen molar-refractivity contribution in [1.29, 1.82) is 0 Å². The van der Waals surface area contributed by atoms with Crippen LogP contribution in [0.15, 0.2) is 78.2 Å². The van der Waals surface area contributed by atoms with E-state index in [9.17, 15) is 9.59 Å². The smallest absolute Gasteiger partial charge is 0.338 e. The van der Waals surface area contributed by atoms with Crippen LogP contribution in [0.4, 0.5) is 5.69 Å². The van der Waals surface area contributed by atoms with E-state index in [0.29, 0.717) is 30.2 Å². The number of esters is 1. The van der Waals surface area contributed by atoms with E-state index in [1.165, 1.54) is 0 Å². The number of rotatable bonds is 7. The van der Waals surface area contributed by atoms with Crippen molar-refractivity contribution in [2.75, 3.05) is 18.1 Å². The van der Waals surface area contributed by atoms with Gasteiger partial charge >= 0.3 is 5.97 Å². The Hall–Kier alpha value is -3.97. The summed E-state index contributed by atoms with van der Waals surface area (Å²) in [7, 11) is 0. The molecule has 2 heterocycles. The van der Waals surface area contributed by atoms with Crippen LogP contribution >= 0.6 is 11.3 Å². The lowest BCUT2D eigenvalue weighted by Crippen LogP contribution is -2.38. The van der Waals surface area contributed by atoms with Crippen LogP contribution in [0, 0.1) is 0 Å². The Kier molecular flexibility index (Phi) is 6.59. The molecule has 3 aromatic carbocycles. The van der Waals surface area contributed by atoms with Gasteiger partial charge < -0.3 is 14.4 Å². The highest BCUT2D eigenvalue weighted by Gasteiger charge is 2.26. The first-order valence-corrected chi connectivity index (χ1v) is 12.3. The second kappa shape index (κ2) is 10.1. The summed E-state index contributed by atoms with van der Waals surface area (Å²) in [5.74, 6) is 0.143. The maximum Gasteiger partial charge on any atom is 0.338 e. The van der Waals surface area contributed by atoms with Crippen molar-refractivity contribution in [3.63, 3.8) is 0 Å². The Labute approximate surface area is 207 Å². The van der Waals surface area contributed by atoms with Gasteiger partial charge in [-0.05, 0) is 42.3 Å². The number of hydrogen-bond acceptors (Lipinski definition) is 6. The van der Waals surface area contributed by atoms with Gasteiger partial charge in [-0.25, -0.2) is 9.78 Å². The lowest BCUT2D eigenvalue weighted by Gasteiger charge is -2.30. The van der Waals surface area contributed by atoms with Crippen LogP contribution in [0.3, 0.4) is 0 Å². The first-order chi connectivity index (χ1) is 17.1. The predicted molar refractivity (Wildman–Crippen MR) is 137 cm³/mol. The van der Waals surface area contributed by atoms with Crippen LogP contribution in [-0.4, -0.2) is 30.1 Å². The fourth-order valence-electron chi connectivity index (χ4n) is 3.91. The van der Waals surface area contributed by atoms with Gasteiger partial charge in [0.05, 0.1) is 30.1 Å². The minimum Gasteiger partial charge on any atom is -0.482 e. The van der Waals surface area contributed by atoms with Gasteiger partial charge in [0.25, 0.3) is 5.91 Å². The van der Waals surface area contributed by atoms with Crippen molar-refractivity contribution in [1.82, 2.24) is 4.98 Å². The molecule has 176 valence electrons. The number of amides is 1. The third kappa shape index (κ3) is 4.95. The number of carbonyl (C=O) groups is 2. The normalized spacial score (nSPS) is 12.7. The standard InChI is InChI=1S/C28H24N2O4S/c1-2-13-33-28(32)22-10-6-7-19(14-22)16-30-24-15-21(11-12-25(24)34-17-26(30)31)23-18-35-27(29-23)20-8-4-3-5-9-20/h3-12,14-15,18H,2,13,16-17H2,1H3. The molecule has 1 aliphatic heterocycles. The molecule has 35 heavy (non-hydrogen) atoms. The van der Waals surface area contributed by atoms with Crippen molar-refractivity contribution in [2.45, 2.75) is 19.9 Å². The van der Waals surface area contributed by atoms with Crippen LogP contribution in [0.2, 0.25) is 0 Å². The van der Waals surface area contributed by atoms with Gasteiger partial charge in [-0.2, -0.15) is 0 Å². The largest absolute Gasteiger partial charge is 0.482 e. The van der Waals surface area contributed by atoms with Crippen molar-refractivity contribution < 1.29 is 19.1 Å². The number of carbonyl (C=O) groups excluding carboxylic acids is 2. The maximum atomic E-state index is 12.9. The summed E-state index contributed by atoms with van der Waals surface area (Å²) in [5, 5.41) is 2.96. The number of anilines is 1. The van der Waals surface area contributed by atoms with Crippen LogP contribution in [0.5, 0.6) is 5.75 Å². The number of benzene rings is 3. The molecule has 0 bridgehead atoms. The fraction of sp³-hybridized carbons (Fsp3) is 0.179. The van der Waals surface area contributed by atoms with E-state index in [2.05, 4.69) is 0 Å². The van der Waals surface area contributed by atoms with Gasteiger partial charge in [-0.3, -0.25) is 4.79 Å². The lowest BCUT2D eigenvalue weighted by atomic mass is 10.1. The van der Waals surface area contributed by atoms with E-state index < -0.39 is 0 Å². The zero-order valence-corrected chi connectivity index (χ0v) is 20.1. The number of thiazole rings is 1. The minimum atomic E-state index is -0.359. The van der Waals surface area contributed by atoms with E-state index in [0.717, 1.165) is 33.8 Å². The van der Waals surface area contributed by atoms with Gasteiger partial charge in [0.15, 0.2) is 6.61 Å². The quantitative estimate of drug-likeness (QED) is 0.302. The molecular formula is C28H24N2O4S. The molecule has 0 N–H and O–H groups in total. The summed E-state index contributed by atoms with van der Waals surface area (Å²) in [6.45, 7) is 2.62. The molecule has 1 amide bonds. The third-order valence-electron chi connectivity index (χ3n) is 5.66. The van der Waals surface area contributed by atoms with Crippen molar-refractivity contribution >= 4 is 28.9 Å². The molecule has 0 radical (unpaired) electrons. The fourth-order valence-corrected chi connectivity index (χ4v) is 4.75. The monoisotopic (exact) mass is 484 g/mol. The molecule has 1 aliphatic rings. The second-order valence-electron chi connectivity index (χ2n) is 8.19. The summed E-state index contributed by atoms with van der Waals surface area (Å²) in [6.07, 6.45) is 0.763. The predicted octanol–water partition coefficient (Wildman–Crippen LogP) is 5.97. The number of ether oxygens (including phenoxy) is 2. The number of aromatic nitrogens is 1. The Morgan fingerprint density at radius 2 is 1.91 bits per heavy atom. The molecule has 0 saturated carbocycles. The van der Waals surface area contributed by atoms with Crippen molar-refractivity contribution in [2.24, 2.45) is 0 Å². The Bertz CT molecular complexity index is 1370. The summed E-state index contributed by atoms with van der Waals surface area (Å²) in [6, 6.07) is 23.0. The first-order valence-electron chi connectivity index (χ1n) is 11.5. The number of fused-ring (bicyclic) bond motifs is 1. The Balaban J connectivity index is 1.42. The zero-order chi connectivity index (χ0) is 24.2. The molecular weight excluding hydrogens is 460 g/mol. The van der Waals surface area contributed by atoms with Crippen molar-refractivity contribution in [3.05, 3.63) is 89.3 Å². The number of hydrogen-bond donors (Lipinski definition) is 0. The highest BCUT2D eigenvalue weighted by molar-refractivity contribution is 7.13. The van der Waals surface area contributed by atoms with Crippen LogP contribution in [0.25, 0.3) is 21.8 Å². The first kappa shape index (κ1) is 22.8. The number of nitrogens with zero attached hydrogens (tertiary/aromatic N) is 2. The van der Waals surface area contributed by atoms with Gasteiger partial charge in [-0.15, -0.1) is 11.3 Å². The third-order valence-corrected chi connectivity index (χ3v) is 6.55. The highest BCUT2D eigenvalue weighted by atomic mass is 32.1. The van der Waals surface area contributed by atoms with E-state index >= 15 is 0 Å². The summed E-state index contributed by atoms with van der Waals surface area (Å²) >= 11 is 1.58. The molecule has 1 aromatic heterocycles. The molecule has 0 spiro atoms. The van der Waals surface area contributed by atoms with E-state index in [1.54, 1.807) is 34.4 Å². The highest BCUT2D eigenvalue weighted by Crippen LogP contribution is 2.38. The lowest BCUT2D eigenvalue weighted by molar-refractivity contribution is -0.121. The van der Waals surface area contributed by atoms with Crippen molar-refractivity contribution in [3.8, 4) is 27.6 Å². The molecule has 0 aliphatic carbocycles. The average Bonchev–Trinajstić information content (AvgIpc) is 3.40. The van der Waals surface area contributed by atoms with Gasteiger partial charge in [0, 0.05) is 16.5 Å². The summed E-state index contributed by atoms with van der Waals surface area (Å²) < 4.78 is 10.9. The molecule has 0 saturated heterocycles. The molecule has 6 nitrogen and oxygen atoms in total. The maximum absolute atomic E-state index is 12.9. The molecule has 4 aromatic rings. The molecule has 5 rings (SSSR count). The SMILES string of the molecule is CCCOC(=O)c1cccc(CN2C(=O)COc3ccc(-c4csc(-c5ccccc5)n4)cc32)c1. The average molecular weight is 485 g/mol. The van der Waals surface area contributed by atoms with E-state index in [1.807, 2.05) is 66.9 Å². The van der Waals surface area contributed by atoms with Crippen LogP contribution in [-0.2, 0) is 16.1 Å². The van der Waals surface area contributed by atoms with Crippen LogP contribution in [0.1, 0.15) is 29.3 Å². The molecule has 7 heteroatoms. The second-order valence-corrected chi connectivity index (χ2v) is 9.05. The Morgan fingerprint density at radius 1 is 1.06 bits per heavy atom. The van der Waals surface area contributed by atoms with E-state index in [-0.39, 0.29) is 18.5 Å². The molecule has 0 atom stereocenters. The van der Waals surface area contributed by atoms with E-state index in [4.69, 9.17) is 14.5 Å². The summed E-state index contributed by atoms with van der Waals surface area (Å²) in [4.78, 5) is 31.6. The minimum absolute atomic E-state index is 0.0283. The van der Waals surface area contributed by atoms with Gasteiger partial charge in [0.2, 0.25) is 0 Å². The van der Waals surface area contributed by atoms with Gasteiger partial charge in [0.1, 0.15) is 10.8 Å². The molecule has 0 fully saturated rings. The molecule has 0 unspecified atom stereocenters. The Morgan fingerprint density at radius 3 is 2.74 bits per heavy atom. The summed E-state index contributed by atoms with van der Waals surface area (Å²) in [5.41, 5.74) is 4.81. The van der Waals surface area contributed by atoms with Gasteiger partial charge in [-0.1, -0.05) is 49.4 Å². The van der Waals surface area contributed by atoms with Crippen LogP contribution < -0.4 is 9.64 Å². The topological polar surface area (TPSA) is 68.7 Å². The zero-order valence-electron chi connectivity index (χ0n) is 19.3.